The molecule has 4 nitrogen and oxygen atoms in total. The van der Waals surface area contributed by atoms with Gasteiger partial charge in [-0.05, 0) is 24.6 Å². The second-order valence-corrected chi connectivity index (χ2v) is 6.96. The molecule has 0 saturated heterocycles. The molecule has 0 unspecified atom stereocenters. The zero-order chi connectivity index (χ0) is 19.4. The van der Waals surface area contributed by atoms with Gasteiger partial charge in [0.25, 0.3) is 0 Å². The SMILES string of the molecule is Cc1ccn2c3c(c(C(=O)c4ccccc4)c2c1)C(=O)c1ccccc1C3=O. The molecule has 0 bridgehead atoms. The van der Waals surface area contributed by atoms with Gasteiger partial charge in [0.05, 0.1) is 16.6 Å². The minimum Gasteiger partial charge on any atom is -0.312 e. The fourth-order valence-electron chi connectivity index (χ4n) is 3.91. The number of pyridine rings is 1. The number of nitrogens with zero attached hydrogens (tertiary/aromatic N) is 1. The van der Waals surface area contributed by atoms with Gasteiger partial charge >= 0.3 is 0 Å². The first kappa shape index (κ1) is 16.4. The lowest BCUT2D eigenvalue weighted by Gasteiger charge is -2.15. The monoisotopic (exact) mass is 365 g/mol. The van der Waals surface area contributed by atoms with E-state index in [0.717, 1.165) is 5.56 Å². The molecular formula is C24H15NO3. The predicted octanol–water partition coefficient (Wildman–Crippen LogP) is 4.25. The van der Waals surface area contributed by atoms with Crippen molar-refractivity contribution in [1.29, 1.82) is 0 Å². The summed E-state index contributed by atoms with van der Waals surface area (Å²) >= 11 is 0. The Morgan fingerprint density at radius 1 is 0.821 bits per heavy atom. The second kappa shape index (κ2) is 5.86. The van der Waals surface area contributed by atoms with Crippen LogP contribution in [0.25, 0.3) is 5.52 Å². The number of carbonyl (C=O) groups is 3. The fourth-order valence-corrected chi connectivity index (χ4v) is 3.91. The normalized spacial score (nSPS) is 12.8. The van der Waals surface area contributed by atoms with Crippen LogP contribution < -0.4 is 0 Å². The molecule has 0 spiro atoms. The number of hydrogen-bond acceptors (Lipinski definition) is 3. The van der Waals surface area contributed by atoms with Crippen LogP contribution >= 0.6 is 0 Å². The summed E-state index contributed by atoms with van der Waals surface area (Å²) in [6.07, 6.45) is 1.75. The molecule has 4 aromatic rings. The highest BCUT2D eigenvalue weighted by Gasteiger charge is 2.37. The molecule has 1 aliphatic carbocycles. The Bertz CT molecular complexity index is 1310. The first-order chi connectivity index (χ1) is 13.6. The van der Waals surface area contributed by atoms with Gasteiger partial charge in [-0.15, -0.1) is 0 Å². The number of carbonyl (C=O) groups excluding carboxylic acids is 3. The molecule has 0 radical (unpaired) electrons. The molecule has 0 aliphatic heterocycles. The van der Waals surface area contributed by atoms with Crippen molar-refractivity contribution >= 4 is 22.9 Å². The highest BCUT2D eigenvalue weighted by atomic mass is 16.1. The average Bonchev–Trinajstić information content (AvgIpc) is 3.06. The van der Waals surface area contributed by atoms with E-state index in [0.29, 0.717) is 22.2 Å². The Hall–Kier alpha value is -3.79. The first-order valence-electron chi connectivity index (χ1n) is 9.01. The van der Waals surface area contributed by atoms with Gasteiger partial charge in [0.1, 0.15) is 5.69 Å². The molecule has 28 heavy (non-hydrogen) atoms. The maximum Gasteiger partial charge on any atom is 0.211 e. The van der Waals surface area contributed by atoms with Gasteiger partial charge in [-0.25, -0.2) is 0 Å². The van der Waals surface area contributed by atoms with Crippen molar-refractivity contribution in [2.75, 3.05) is 0 Å². The van der Waals surface area contributed by atoms with Crippen LogP contribution in [0.1, 0.15) is 53.5 Å². The van der Waals surface area contributed by atoms with E-state index in [1.54, 1.807) is 59.1 Å². The molecule has 2 heterocycles. The number of ketones is 3. The standard InChI is InChI=1S/C24H15NO3/c1-14-11-12-25-18(13-14)19(22(26)15-7-3-2-4-8-15)20-21(25)24(28)17-10-6-5-9-16(17)23(20)27/h2-13H,1H3. The van der Waals surface area contributed by atoms with Crippen LogP contribution in [0, 0.1) is 6.92 Å². The summed E-state index contributed by atoms with van der Waals surface area (Å²) in [6.45, 7) is 1.92. The molecule has 0 atom stereocenters. The number of aryl methyl sites for hydroxylation is 1. The predicted molar refractivity (Wildman–Crippen MR) is 105 cm³/mol. The van der Waals surface area contributed by atoms with Gasteiger partial charge in [-0.3, -0.25) is 14.4 Å². The third-order valence-corrected chi connectivity index (χ3v) is 5.22. The number of aromatic nitrogens is 1. The smallest absolute Gasteiger partial charge is 0.211 e. The Morgan fingerprint density at radius 2 is 1.46 bits per heavy atom. The molecular weight excluding hydrogens is 350 g/mol. The molecule has 0 amide bonds. The van der Waals surface area contributed by atoms with Crippen LogP contribution in [-0.4, -0.2) is 21.8 Å². The quantitative estimate of drug-likeness (QED) is 0.439. The Morgan fingerprint density at radius 3 is 2.18 bits per heavy atom. The molecule has 2 aromatic heterocycles. The van der Waals surface area contributed by atoms with Crippen molar-refractivity contribution in [3.8, 4) is 0 Å². The first-order valence-corrected chi connectivity index (χ1v) is 9.01. The molecule has 5 rings (SSSR count). The summed E-state index contributed by atoms with van der Waals surface area (Å²) in [5.74, 6) is -0.785. The van der Waals surface area contributed by atoms with Crippen molar-refractivity contribution < 1.29 is 14.4 Å². The summed E-state index contributed by atoms with van der Waals surface area (Å²) in [5.41, 5.74) is 3.47. The van der Waals surface area contributed by atoms with Crippen molar-refractivity contribution in [1.82, 2.24) is 4.40 Å². The molecule has 0 fully saturated rings. The summed E-state index contributed by atoms with van der Waals surface area (Å²) < 4.78 is 1.68. The number of rotatable bonds is 2. The molecule has 0 N–H and O–H groups in total. The Balaban J connectivity index is 1.90. The summed E-state index contributed by atoms with van der Waals surface area (Å²) in [7, 11) is 0. The van der Waals surface area contributed by atoms with Crippen LogP contribution in [0.3, 0.4) is 0 Å². The minimum absolute atomic E-state index is 0.197. The molecule has 1 aliphatic rings. The van der Waals surface area contributed by atoms with Crippen molar-refractivity contribution in [2.24, 2.45) is 0 Å². The van der Waals surface area contributed by atoms with Crippen LogP contribution in [0.5, 0.6) is 0 Å². The zero-order valence-electron chi connectivity index (χ0n) is 15.1. The van der Waals surface area contributed by atoms with Gasteiger partial charge in [0, 0.05) is 22.9 Å². The van der Waals surface area contributed by atoms with Gasteiger partial charge < -0.3 is 4.40 Å². The summed E-state index contributed by atoms with van der Waals surface area (Å²) in [5, 5.41) is 0. The second-order valence-electron chi connectivity index (χ2n) is 6.96. The lowest BCUT2D eigenvalue weighted by molar-refractivity contribution is 0.0970. The van der Waals surface area contributed by atoms with Crippen molar-refractivity contribution in [2.45, 2.75) is 6.92 Å². The Kier molecular flexibility index (Phi) is 3.43. The van der Waals surface area contributed by atoms with E-state index >= 15 is 0 Å². The molecule has 4 heteroatoms. The lowest BCUT2D eigenvalue weighted by Crippen LogP contribution is -2.22. The van der Waals surface area contributed by atoms with Crippen LogP contribution in [-0.2, 0) is 0 Å². The topological polar surface area (TPSA) is 55.6 Å². The summed E-state index contributed by atoms with van der Waals surface area (Å²) in [6, 6.07) is 19.3. The average molecular weight is 365 g/mol. The van der Waals surface area contributed by atoms with Crippen molar-refractivity contribution in [3.63, 3.8) is 0 Å². The lowest BCUT2D eigenvalue weighted by atomic mass is 9.85. The van der Waals surface area contributed by atoms with E-state index in [4.69, 9.17) is 0 Å². The van der Waals surface area contributed by atoms with E-state index in [1.807, 2.05) is 25.1 Å². The minimum atomic E-state index is -0.286. The van der Waals surface area contributed by atoms with Gasteiger partial charge in [-0.2, -0.15) is 0 Å². The van der Waals surface area contributed by atoms with Crippen molar-refractivity contribution in [3.05, 3.63) is 112 Å². The zero-order valence-corrected chi connectivity index (χ0v) is 15.1. The highest BCUT2D eigenvalue weighted by Crippen LogP contribution is 2.35. The van der Waals surface area contributed by atoms with Gasteiger partial charge in [0.2, 0.25) is 5.78 Å². The van der Waals surface area contributed by atoms with E-state index in [1.165, 1.54) is 0 Å². The highest BCUT2D eigenvalue weighted by molar-refractivity contribution is 6.33. The van der Waals surface area contributed by atoms with Gasteiger partial charge in [-0.1, -0.05) is 54.6 Å². The third kappa shape index (κ3) is 2.15. The number of fused-ring (bicyclic) bond motifs is 4. The van der Waals surface area contributed by atoms with E-state index in [9.17, 15) is 14.4 Å². The molecule has 0 saturated carbocycles. The van der Waals surface area contributed by atoms with Crippen LogP contribution in [0.2, 0.25) is 0 Å². The summed E-state index contributed by atoms with van der Waals surface area (Å²) in [4.78, 5) is 40.0. The fraction of sp³-hybridized carbons (Fsp3) is 0.0417. The maximum absolute atomic E-state index is 13.4. The third-order valence-electron chi connectivity index (χ3n) is 5.22. The largest absolute Gasteiger partial charge is 0.312 e. The van der Waals surface area contributed by atoms with E-state index in [-0.39, 0.29) is 34.2 Å². The number of benzene rings is 2. The Labute approximate surface area is 161 Å². The van der Waals surface area contributed by atoms with E-state index in [2.05, 4.69) is 0 Å². The molecule has 2 aromatic carbocycles. The number of hydrogen-bond donors (Lipinski definition) is 0. The maximum atomic E-state index is 13.4. The van der Waals surface area contributed by atoms with Crippen LogP contribution in [0.15, 0.2) is 72.9 Å². The van der Waals surface area contributed by atoms with E-state index < -0.39 is 0 Å². The van der Waals surface area contributed by atoms with Gasteiger partial charge in [0.15, 0.2) is 11.6 Å². The van der Waals surface area contributed by atoms with Crippen LogP contribution in [0.4, 0.5) is 0 Å². The molecule has 134 valence electrons.